The molecule has 0 saturated heterocycles. The van der Waals surface area contributed by atoms with Crippen molar-refractivity contribution < 1.29 is 22.7 Å². The van der Waals surface area contributed by atoms with E-state index >= 15 is 0 Å². The Morgan fingerprint density at radius 3 is 2.52 bits per heavy atom. The molecule has 0 amide bonds. The van der Waals surface area contributed by atoms with Crippen LogP contribution in [-0.2, 0) is 32.7 Å². The molecule has 0 radical (unpaired) electrons. The maximum Gasteiger partial charge on any atom is 0.331 e. The number of nitrogens with one attached hydrogen (secondary N) is 1. The Hall–Kier alpha value is -3.73. The SMILES string of the molecule is CCCCn1nnnc1COC(=O)/C=C/c1ccc(S(=O)(=O)Nc2ccc(OC)cc2)cc1. The van der Waals surface area contributed by atoms with Gasteiger partial charge in [0, 0.05) is 18.3 Å². The van der Waals surface area contributed by atoms with E-state index in [-0.39, 0.29) is 11.5 Å². The fourth-order valence-corrected chi connectivity index (χ4v) is 3.85. The van der Waals surface area contributed by atoms with Gasteiger partial charge in [-0.25, -0.2) is 17.9 Å². The van der Waals surface area contributed by atoms with Gasteiger partial charge in [0.05, 0.1) is 12.0 Å². The normalized spacial score (nSPS) is 11.5. The van der Waals surface area contributed by atoms with Crippen LogP contribution in [0.5, 0.6) is 5.75 Å². The molecule has 174 valence electrons. The molecule has 11 heteroatoms. The quantitative estimate of drug-likeness (QED) is 0.334. The second-order valence-electron chi connectivity index (χ2n) is 7.02. The number of sulfonamides is 1. The zero-order chi connectivity index (χ0) is 23.7. The van der Waals surface area contributed by atoms with Crippen molar-refractivity contribution in [1.82, 2.24) is 20.2 Å². The number of hydrogen-bond donors (Lipinski definition) is 1. The minimum absolute atomic E-state index is 0.0336. The number of unbranched alkanes of at least 4 members (excludes halogenated alkanes) is 1. The fraction of sp³-hybridized carbons (Fsp3) is 0.273. The summed E-state index contributed by atoms with van der Waals surface area (Å²) in [5.41, 5.74) is 1.06. The number of ether oxygens (including phenoxy) is 2. The summed E-state index contributed by atoms with van der Waals surface area (Å²) in [5.74, 6) is 0.546. The van der Waals surface area contributed by atoms with Crippen molar-refractivity contribution >= 4 is 27.8 Å². The molecular formula is C22H25N5O5S. The molecule has 3 rings (SSSR count). The van der Waals surface area contributed by atoms with Gasteiger partial charge in [0.1, 0.15) is 5.75 Å². The Bertz CT molecular complexity index is 1190. The second-order valence-corrected chi connectivity index (χ2v) is 8.70. The minimum atomic E-state index is -3.75. The molecule has 1 aromatic heterocycles. The van der Waals surface area contributed by atoms with Crippen molar-refractivity contribution in [2.24, 2.45) is 0 Å². The van der Waals surface area contributed by atoms with Crippen molar-refractivity contribution in [3.05, 3.63) is 66.0 Å². The molecule has 2 aromatic carbocycles. The zero-order valence-corrected chi connectivity index (χ0v) is 19.2. The molecule has 0 atom stereocenters. The highest BCUT2D eigenvalue weighted by atomic mass is 32.2. The van der Waals surface area contributed by atoms with Crippen LogP contribution < -0.4 is 9.46 Å². The number of hydrogen-bond acceptors (Lipinski definition) is 8. The molecule has 0 bridgehead atoms. The van der Waals surface area contributed by atoms with E-state index in [4.69, 9.17) is 9.47 Å². The maximum absolute atomic E-state index is 12.6. The molecule has 0 aliphatic carbocycles. The third-order valence-electron chi connectivity index (χ3n) is 4.62. The molecule has 1 heterocycles. The van der Waals surface area contributed by atoms with E-state index in [1.165, 1.54) is 31.4 Å². The molecule has 0 fully saturated rings. The summed E-state index contributed by atoms with van der Waals surface area (Å²) < 4.78 is 39.5. The number of nitrogens with zero attached hydrogens (tertiary/aromatic N) is 4. The van der Waals surface area contributed by atoms with Crippen molar-refractivity contribution in [3.8, 4) is 5.75 Å². The van der Waals surface area contributed by atoms with E-state index in [1.807, 2.05) is 0 Å². The largest absolute Gasteiger partial charge is 0.497 e. The maximum atomic E-state index is 12.6. The fourth-order valence-electron chi connectivity index (χ4n) is 2.79. The second kappa shape index (κ2) is 11.2. The molecule has 0 saturated carbocycles. The topological polar surface area (TPSA) is 125 Å². The molecule has 33 heavy (non-hydrogen) atoms. The van der Waals surface area contributed by atoms with Crippen molar-refractivity contribution in [2.75, 3.05) is 11.8 Å². The molecule has 0 spiro atoms. The number of carbonyl (C=O) groups is 1. The first-order chi connectivity index (χ1) is 15.9. The van der Waals surface area contributed by atoms with Gasteiger partial charge in [0.2, 0.25) is 0 Å². The Morgan fingerprint density at radius 2 is 1.85 bits per heavy atom. The summed E-state index contributed by atoms with van der Waals surface area (Å²) in [7, 11) is -2.22. The van der Waals surface area contributed by atoms with Crippen LogP contribution in [0.15, 0.2) is 59.5 Å². The van der Waals surface area contributed by atoms with Gasteiger partial charge >= 0.3 is 5.97 Å². The summed E-state index contributed by atoms with van der Waals surface area (Å²) in [6, 6.07) is 12.7. The lowest BCUT2D eigenvalue weighted by Crippen LogP contribution is -2.12. The standard InChI is InChI=1S/C22H25N5O5S/c1-3-4-15-27-21(23-25-26-27)16-32-22(28)14-7-17-5-12-20(13-6-17)33(29,30)24-18-8-10-19(31-2)11-9-18/h5-14,24H,3-4,15-16H2,1-2H3/b14-7+. The monoisotopic (exact) mass is 471 g/mol. The minimum Gasteiger partial charge on any atom is -0.497 e. The number of aryl methyl sites for hydroxylation is 1. The van der Waals surface area contributed by atoms with Crippen molar-refractivity contribution in [3.63, 3.8) is 0 Å². The van der Waals surface area contributed by atoms with Crippen LogP contribution in [0.3, 0.4) is 0 Å². The summed E-state index contributed by atoms with van der Waals surface area (Å²) in [6.07, 6.45) is 4.72. The van der Waals surface area contributed by atoms with E-state index < -0.39 is 16.0 Å². The lowest BCUT2D eigenvalue weighted by atomic mass is 10.2. The average molecular weight is 472 g/mol. The highest BCUT2D eigenvalue weighted by molar-refractivity contribution is 7.92. The number of methoxy groups -OCH3 is 1. The lowest BCUT2D eigenvalue weighted by Gasteiger charge is -2.09. The van der Waals surface area contributed by atoms with E-state index in [0.29, 0.717) is 29.4 Å². The van der Waals surface area contributed by atoms with Crippen molar-refractivity contribution in [1.29, 1.82) is 0 Å². The number of anilines is 1. The van der Waals surface area contributed by atoms with Gasteiger partial charge in [-0.2, -0.15) is 0 Å². The van der Waals surface area contributed by atoms with Crippen LogP contribution in [0, 0.1) is 0 Å². The predicted octanol–water partition coefficient (Wildman–Crippen LogP) is 3.04. The summed E-state index contributed by atoms with van der Waals surface area (Å²) >= 11 is 0. The van der Waals surface area contributed by atoms with E-state index in [2.05, 4.69) is 27.2 Å². The first-order valence-corrected chi connectivity index (χ1v) is 11.8. The average Bonchev–Trinajstić information content (AvgIpc) is 3.28. The van der Waals surface area contributed by atoms with E-state index in [9.17, 15) is 13.2 Å². The van der Waals surface area contributed by atoms with Crippen LogP contribution in [0.4, 0.5) is 5.69 Å². The van der Waals surface area contributed by atoms with Gasteiger partial charge in [-0.1, -0.05) is 25.5 Å². The number of benzene rings is 2. The van der Waals surface area contributed by atoms with E-state index in [1.54, 1.807) is 41.1 Å². The first-order valence-electron chi connectivity index (χ1n) is 10.3. The predicted molar refractivity (Wildman–Crippen MR) is 122 cm³/mol. The number of aromatic nitrogens is 4. The van der Waals surface area contributed by atoms with Crippen LogP contribution in [-0.4, -0.2) is 41.7 Å². The number of carbonyl (C=O) groups excluding carboxylic acids is 1. The van der Waals surface area contributed by atoms with Crippen LogP contribution in [0.1, 0.15) is 31.2 Å². The molecule has 0 aliphatic heterocycles. The van der Waals surface area contributed by atoms with Gasteiger partial charge in [0.15, 0.2) is 12.4 Å². The highest BCUT2D eigenvalue weighted by Gasteiger charge is 2.14. The highest BCUT2D eigenvalue weighted by Crippen LogP contribution is 2.20. The molecule has 10 nitrogen and oxygen atoms in total. The number of rotatable bonds is 11. The molecule has 0 unspecified atom stereocenters. The number of tetrazole rings is 1. The van der Waals surface area contributed by atoms with Crippen LogP contribution in [0.2, 0.25) is 0 Å². The molecule has 0 aliphatic rings. The van der Waals surface area contributed by atoms with Crippen LogP contribution >= 0.6 is 0 Å². The first kappa shape index (κ1) is 23.9. The lowest BCUT2D eigenvalue weighted by molar-refractivity contribution is -0.139. The summed E-state index contributed by atoms with van der Waals surface area (Å²) in [4.78, 5) is 12.1. The molecular weight excluding hydrogens is 446 g/mol. The smallest absolute Gasteiger partial charge is 0.331 e. The Balaban J connectivity index is 1.55. The van der Waals surface area contributed by atoms with Gasteiger partial charge in [-0.15, -0.1) is 5.10 Å². The Kier molecular flexibility index (Phi) is 8.14. The third kappa shape index (κ3) is 6.88. The van der Waals surface area contributed by atoms with Gasteiger partial charge in [-0.3, -0.25) is 4.72 Å². The summed E-state index contributed by atoms with van der Waals surface area (Å²) in [5, 5.41) is 11.3. The molecule has 1 N–H and O–H groups in total. The van der Waals surface area contributed by atoms with Gasteiger partial charge in [0.25, 0.3) is 10.0 Å². The van der Waals surface area contributed by atoms with Crippen molar-refractivity contribution in [2.45, 2.75) is 37.8 Å². The Morgan fingerprint density at radius 1 is 1.12 bits per heavy atom. The van der Waals surface area contributed by atoms with E-state index in [0.717, 1.165) is 12.8 Å². The van der Waals surface area contributed by atoms with Gasteiger partial charge < -0.3 is 9.47 Å². The van der Waals surface area contributed by atoms with Crippen LogP contribution in [0.25, 0.3) is 6.08 Å². The summed E-state index contributed by atoms with van der Waals surface area (Å²) in [6.45, 7) is 2.69. The molecule has 3 aromatic rings. The zero-order valence-electron chi connectivity index (χ0n) is 18.3. The third-order valence-corrected chi connectivity index (χ3v) is 6.01. The number of esters is 1. The Labute approximate surface area is 192 Å². The van der Waals surface area contributed by atoms with Gasteiger partial charge in [-0.05, 0) is 64.9 Å².